The van der Waals surface area contributed by atoms with Gasteiger partial charge in [-0.15, -0.1) is 13.2 Å². The monoisotopic (exact) mass is 493 g/mol. The van der Waals surface area contributed by atoms with Crippen LogP contribution in [0.2, 0.25) is 0 Å². The van der Waals surface area contributed by atoms with Gasteiger partial charge in [0.2, 0.25) is 0 Å². The number of carbonyl (C=O) groups excluding carboxylic acids is 1. The fourth-order valence-electron chi connectivity index (χ4n) is 3.45. The van der Waals surface area contributed by atoms with E-state index in [-0.39, 0.29) is 23.8 Å². The number of nitrogens with zero attached hydrogens (tertiary/aromatic N) is 2. The van der Waals surface area contributed by atoms with Gasteiger partial charge in [0.25, 0.3) is 11.5 Å². The molecule has 1 atom stereocenters. The van der Waals surface area contributed by atoms with E-state index in [9.17, 15) is 32.3 Å². The lowest BCUT2D eigenvalue weighted by atomic mass is 9.94. The smallest absolute Gasteiger partial charge is 0.406 e. The number of carbonyl (C=O) groups is 1. The van der Waals surface area contributed by atoms with Crippen molar-refractivity contribution in [2.45, 2.75) is 45.7 Å². The molecular weight excluding hydrogens is 470 g/mol. The topological polar surface area (TPSA) is 93.5 Å². The summed E-state index contributed by atoms with van der Waals surface area (Å²) >= 11 is 0. The molecule has 0 radical (unpaired) electrons. The minimum Gasteiger partial charge on any atom is -0.406 e. The Morgan fingerprint density at radius 1 is 1.14 bits per heavy atom. The van der Waals surface area contributed by atoms with Crippen LogP contribution in [0.15, 0.2) is 53.3 Å². The van der Waals surface area contributed by atoms with Gasteiger partial charge in [0.05, 0.1) is 23.9 Å². The van der Waals surface area contributed by atoms with E-state index in [0.717, 1.165) is 22.4 Å². The molecule has 0 aliphatic rings. The molecule has 11 heteroatoms. The number of aromatic nitrogens is 2. The lowest BCUT2D eigenvalue weighted by Crippen LogP contribution is -2.29. The average molecular weight is 493 g/mol. The molecule has 1 aromatic heterocycles. The number of benzene rings is 2. The lowest BCUT2D eigenvalue weighted by molar-refractivity contribution is -0.274. The SMILES string of the molecule is CC(C)c1ccccc1-c1nn(C[C@H](C)O)c(=O)cc1NC(=O)c1cc(OC(F)(F)F)ccc1F. The highest BCUT2D eigenvalue weighted by Crippen LogP contribution is 2.32. The number of anilines is 1. The van der Waals surface area contributed by atoms with Gasteiger partial charge in [-0.2, -0.15) is 5.10 Å². The molecular formula is C24H23F4N3O4. The van der Waals surface area contributed by atoms with Crippen molar-refractivity contribution in [3.05, 3.63) is 75.8 Å². The summed E-state index contributed by atoms with van der Waals surface area (Å²) in [7, 11) is 0. The van der Waals surface area contributed by atoms with E-state index in [2.05, 4.69) is 15.2 Å². The molecule has 35 heavy (non-hydrogen) atoms. The third-order valence-corrected chi connectivity index (χ3v) is 4.94. The first kappa shape index (κ1) is 25.9. The standard InChI is InChI=1S/C24H23F4N3O4/c1-13(2)16-6-4-5-7-17(16)22-20(11-21(33)31(30-22)12-14(3)32)29-23(34)18-10-15(8-9-19(18)25)35-24(26,27)28/h4-11,13-14,32H,12H2,1-3H3,(H,29,34)/t14-/m0/s1. The molecule has 186 valence electrons. The summed E-state index contributed by atoms with van der Waals surface area (Å²) in [6.07, 6.45) is -5.92. The van der Waals surface area contributed by atoms with Crippen molar-refractivity contribution < 1.29 is 32.2 Å². The molecule has 0 saturated heterocycles. The zero-order valence-electron chi connectivity index (χ0n) is 19.1. The fraction of sp³-hybridized carbons (Fsp3) is 0.292. The second-order valence-corrected chi connectivity index (χ2v) is 8.16. The normalized spacial score (nSPS) is 12.5. The van der Waals surface area contributed by atoms with E-state index < -0.39 is 41.1 Å². The van der Waals surface area contributed by atoms with Crippen LogP contribution in [0.25, 0.3) is 11.3 Å². The third-order valence-electron chi connectivity index (χ3n) is 4.94. The molecule has 0 bridgehead atoms. The average Bonchev–Trinajstić information content (AvgIpc) is 2.75. The molecule has 0 aliphatic carbocycles. The fourth-order valence-corrected chi connectivity index (χ4v) is 3.45. The molecule has 0 fully saturated rings. The van der Waals surface area contributed by atoms with Crippen molar-refractivity contribution in [2.24, 2.45) is 0 Å². The van der Waals surface area contributed by atoms with Gasteiger partial charge in [-0.25, -0.2) is 9.07 Å². The van der Waals surface area contributed by atoms with E-state index in [0.29, 0.717) is 17.7 Å². The van der Waals surface area contributed by atoms with Crippen LogP contribution in [-0.4, -0.2) is 33.3 Å². The van der Waals surface area contributed by atoms with Gasteiger partial charge in [0.15, 0.2) is 0 Å². The van der Waals surface area contributed by atoms with Crippen molar-refractivity contribution in [1.29, 1.82) is 0 Å². The highest BCUT2D eigenvalue weighted by Gasteiger charge is 2.31. The summed E-state index contributed by atoms with van der Waals surface area (Å²) in [5, 5.41) is 16.4. The minimum absolute atomic E-state index is 0.0299. The first-order valence-electron chi connectivity index (χ1n) is 10.6. The largest absolute Gasteiger partial charge is 0.573 e. The van der Waals surface area contributed by atoms with Gasteiger partial charge in [-0.05, 0) is 36.6 Å². The van der Waals surface area contributed by atoms with Crippen LogP contribution in [0, 0.1) is 5.82 Å². The van der Waals surface area contributed by atoms with E-state index in [1.54, 1.807) is 12.1 Å². The first-order valence-corrected chi connectivity index (χ1v) is 10.6. The molecule has 0 aliphatic heterocycles. The number of ether oxygens (including phenoxy) is 1. The van der Waals surface area contributed by atoms with Crippen LogP contribution in [0.5, 0.6) is 5.75 Å². The number of aliphatic hydroxyl groups excluding tert-OH is 1. The molecule has 1 heterocycles. The minimum atomic E-state index is -5.03. The van der Waals surface area contributed by atoms with Crippen LogP contribution in [-0.2, 0) is 6.54 Å². The highest BCUT2D eigenvalue weighted by molar-refractivity contribution is 6.06. The van der Waals surface area contributed by atoms with E-state index in [4.69, 9.17) is 0 Å². The zero-order valence-corrected chi connectivity index (χ0v) is 19.1. The number of alkyl halides is 3. The number of rotatable bonds is 7. The van der Waals surface area contributed by atoms with Crippen molar-refractivity contribution in [3.8, 4) is 17.0 Å². The molecule has 7 nitrogen and oxygen atoms in total. The Labute approximate surface area is 198 Å². The van der Waals surface area contributed by atoms with Gasteiger partial charge in [-0.3, -0.25) is 9.59 Å². The molecule has 0 spiro atoms. The summed E-state index contributed by atoms with van der Waals surface area (Å²) in [5.41, 5.74) is 0.142. The number of halogens is 4. The Bertz CT molecular complexity index is 1290. The number of hydrogen-bond acceptors (Lipinski definition) is 5. The maximum atomic E-state index is 14.3. The van der Waals surface area contributed by atoms with Gasteiger partial charge in [0.1, 0.15) is 17.3 Å². The number of aliphatic hydroxyl groups is 1. The zero-order chi connectivity index (χ0) is 25.9. The van der Waals surface area contributed by atoms with Crippen molar-refractivity contribution in [2.75, 3.05) is 5.32 Å². The van der Waals surface area contributed by atoms with E-state index in [1.165, 1.54) is 6.92 Å². The van der Waals surface area contributed by atoms with Crippen molar-refractivity contribution in [3.63, 3.8) is 0 Å². The maximum absolute atomic E-state index is 14.3. The molecule has 1 amide bonds. The number of hydrogen-bond donors (Lipinski definition) is 2. The molecule has 2 aromatic carbocycles. The predicted molar refractivity (Wildman–Crippen MR) is 121 cm³/mol. The summed E-state index contributed by atoms with van der Waals surface area (Å²) in [6.45, 7) is 5.23. The van der Waals surface area contributed by atoms with E-state index in [1.807, 2.05) is 26.0 Å². The first-order chi connectivity index (χ1) is 16.4. The summed E-state index contributed by atoms with van der Waals surface area (Å²) in [4.78, 5) is 25.5. The van der Waals surface area contributed by atoms with Gasteiger partial charge in [-0.1, -0.05) is 38.1 Å². The number of nitrogens with one attached hydrogen (secondary N) is 1. The summed E-state index contributed by atoms with van der Waals surface area (Å²) in [6, 6.07) is 10.2. The summed E-state index contributed by atoms with van der Waals surface area (Å²) in [5.74, 6) is -2.94. The second kappa shape index (κ2) is 10.3. The Morgan fingerprint density at radius 2 is 1.83 bits per heavy atom. The van der Waals surface area contributed by atoms with Gasteiger partial charge >= 0.3 is 6.36 Å². The van der Waals surface area contributed by atoms with Crippen LogP contribution in [0.1, 0.15) is 42.6 Å². The van der Waals surface area contributed by atoms with Crippen LogP contribution < -0.4 is 15.6 Å². The molecule has 3 aromatic rings. The Morgan fingerprint density at radius 3 is 2.46 bits per heavy atom. The third kappa shape index (κ3) is 6.44. The van der Waals surface area contributed by atoms with Crippen LogP contribution in [0.3, 0.4) is 0 Å². The quantitative estimate of drug-likeness (QED) is 0.466. The van der Waals surface area contributed by atoms with E-state index >= 15 is 0 Å². The van der Waals surface area contributed by atoms with Crippen molar-refractivity contribution >= 4 is 11.6 Å². The second-order valence-electron chi connectivity index (χ2n) is 8.16. The highest BCUT2D eigenvalue weighted by atomic mass is 19.4. The Balaban J connectivity index is 2.10. The number of amides is 1. The Hall–Kier alpha value is -3.73. The predicted octanol–water partition coefficient (Wildman–Crippen LogP) is 4.70. The van der Waals surface area contributed by atoms with Crippen LogP contribution >= 0.6 is 0 Å². The molecule has 0 saturated carbocycles. The maximum Gasteiger partial charge on any atom is 0.573 e. The van der Waals surface area contributed by atoms with Gasteiger partial charge < -0.3 is 15.2 Å². The lowest BCUT2D eigenvalue weighted by Gasteiger charge is -2.18. The van der Waals surface area contributed by atoms with Crippen LogP contribution in [0.4, 0.5) is 23.2 Å². The van der Waals surface area contributed by atoms with Gasteiger partial charge in [0, 0.05) is 11.6 Å². The molecule has 3 rings (SSSR count). The Kier molecular flexibility index (Phi) is 7.59. The molecule has 0 unspecified atom stereocenters. The van der Waals surface area contributed by atoms with Crippen molar-refractivity contribution in [1.82, 2.24) is 9.78 Å². The molecule has 2 N–H and O–H groups in total. The summed E-state index contributed by atoms with van der Waals surface area (Å²) < 4.78 is 56.8.